The number of rotatable bonds is 8. The fourth-order valence-corrected chi connectivity index (χ4v) is 4.79. The van der Waals surface area contributed by atoms with Crippen molar-refractivity contribution in [3.05, 3.63) is 64.2 Å². The maximum atomic E-state index is 12.8. The van der Waals surface area contributed by atoms with Crippen LogP contribution in [0.3, 0.4) is 0 Å². The van der Waals surface area contributed by atoms with Crippen molar-refractivity contribution in [1.82, 2.24) is 10.1 Å². The monoisotopic (exact) mass is 458 g/mol. The summed E-state index contributed by atoms with van der Waals surface area (Å²) in [5.41, 5.74) is 3.27. The second kappa shape index (κ2) is 8.99. The molecule has 0 fully saturated rings. The van der Waals surface area contributed by atoms with E-state index in [1.807, 2.05) is 20.8 Å². The predicted molar refractivity (Wildman–Crippen MR) is 121 cm³/mol. The van der Waals surface area contributed by atoms with E-state index in [0.717, 1.165) is 22.6 Å². The van der Waals surface area contributed by atoms with Gasteiger partial charge in [-0.2, -0.15) is 0 Å². The molecule has 0 aliphatic rings. The molecule has 2 N–H and O–H groups in total. The Morgan fingerprint density at radius 2 is 1.91 bits per heavy atom. The van der Waals surface area contributed by atoms with Crippen LogP contribution in [0.2, 0.25) is 0 Å². The number of pyridine rings is 1. The maximum Gasteiger partial charge on any atom is 0.339 e. The number of carbonyl (C=O) groups is 1. The third-order valence-electron chi connectivity index (χ3n) is 5.21. The smallest absolute Gasteiger partial charge is 0.339 e. The average Bonchev–Trinajstić information content (AvgIpc) is 3.03. The Labute approximate surface area is 187 Å². The van der Waals surface area contributed by atoms with Crippen LogP contribution in [0.4, 0.5) is 11.5 Å². The van der Waals surface area contributed by atoms with Crippen LogP contribution < -0.4 is 9.62 Å². The van der Waals surface area contributed by atoms with E-state index in [1.54, 1.807) is 31.0 Å². The van der Waals surface area contributed by atoms with Gasteiger partial charge in [0.25, 0.3) is 10.0 Å². The van der Waals surface area contributed by atoms with Crippen LogP contribution in [0, 0.1) is 27.7 Å². The molecule has 0 aliphatic heterocycles. The molecule has 9 nitrogen and oxygen atoms in total. The Hall–Kier alpha value is -3.40. The molecule has 3 aromatic rings. The van der Waals surface area contributed by atoms with E-state index >= 15 is 0 Å². The second-order valence-corrected chi connectivity index (χ2v) is 9.40. The first-order valence-corrected chi connectivity index (χ1v) is 11.4. The van der Waals surface area contributed by atoms with Crippen molar-refractivity contribution in [2.24, 2.45) is 0 Å². The largest absolute Gasteiger partial charge is 0.478 e. The van der Waals surface area contributed by atoms with Crippen LogP contribution in [-0.4, -0.2) is 43.2 Å². The van der Waals surface area contributed by atoms with Gasteiger partial charge in [0, 0.05) is 19.2 Å². The van der Waals surface area contributed by atoms with Crippen LogP contribution in [0.25, 0.3) is 0 Å². The lowest BCUT2D eigenvalue weighted by Gasteiger charge is -2.20. The molecule has 0 amide bonds. The molecule has 170 valence electrons. The van der Waals surface area contributed by atoms with Gasteiger partial charge in [0.15, 0.2) is 0 Å². The molecule has 0 unspecified atom stereocenters. The van der Waals surface area contributed by atoms with Gasteiger partial charge < -0.3 is 14.5 Å². The highest BCUT2D eigenvalue weighted by atomic mass is 32.2. The first kappa shape index (κ1) is 23.3. The summed E-state index contributed by atoms with van der Waals surface area (Å²) in [6, 6.07) is 6.28. The minimum atomic E-state index is -3.90. The molecule has 32 heavy (non-hydrogen) atoms. The van der Waals surface area contributed by atoms with Crippen molar-refractivity contribution in [2.75, 3.05) is 23.2 Å². The van der Waals surface area contributed by atoms with Crippen LogP contribution in [0.15, 0.2) is 39.9 Å². The van der Waals surface area contributed by atoms with Crippen molar-refractivity contribution < 1.29 is 22.8 Å². The Morgan fingerprint density at radius 3 is 2.50 bits per heavy atom. The maximum absolute atomic E-state index is 12.8. The Bertz CT molecular complexity index is 1250. The number of likely N-dealkylation sites (N-methyl/N-ethyl adjacent to an activating group) is 1. The molecule has 0 saturated carbocycles. The first-order chi connectivity index (χ1) is 15.0. The highest BCUT2D eigenvalue weighted by molar-refractivity contribution is 7.92. The number of nitrogens with zero attached hydrogens (tertiary/aromatic N) is 3. The number of benzene rings is 1. The van der Waals surface area contributed by atoms with E-state index in [2.05, 4.69) is 14.9 Å². The van der Waals surface area contributed by atoms with Crippen molar-refractivity contribution >= 4 is 27.5 Å². The fourth-order valence-electron chi connectivity index (χ4n) is 3.53. The lowest BCUT2D eigenvalue weighted by molar-refractivity contribution is 0.0697. The van der Waals surface area contributed by atoms with Crippen LogP contribution in [0.5, 0.6) is 0 Å². The average molecular weight is 459 g/mol. The highest BCUT2D eigenvalue weighted by Gasteiger charge is 2.21. The second-order valence-electron chi connectivity index (χ2n) is 7.75. The molecule has 0 spiro atoms. The van der Waals surface area contributed by atoms with Crippen LogP contribution in [0.1, 0.15) is 38.5 Å². The summed E-state index contributed by atoms with van der Waals surface area (Å²) in [5, 5.41) is 13.6. The number of aryl methyl sites for hydroxylation is 4. The number of carboxylic acid groups (broad SMARTS) is 1. The van der Waals surface area contributed by atoms with E-state index < -0.39 is 16.0 Å². The Balaban J connectivity index is 1.84. The Morgan fingerprint density at radius 1 is 1.19 bits per heavy atom. The number of aromatic carboxylic acids is 1. The van der Waals surface area contributed by atoms with E-state index in [1.165, 1.54) is 18.3 Å². The van der Waals surface area contributed by atoms with Gasteiger partial charge in [-0.05, 0) is 51.8 Å². The molecule has 10 heteroatoms. The standard InChI is InChI=1S/C22H26N4O5S/c1-13-6-7-20(14(2)10-13)32(29,30)25-17-11-19(22(27)28)21(23-12-17)26(5)9-8-18-15(3)24-31-16(18)4/h6-7,10-12,25H,8-9H2,1-5H3,(H,27,28). The third kappa shape index (κ3) is 4.91. The molecule has 2 aromatic heterocycles. The zero-order valence-corrected chi connectivity index (χ0v) is 19.4. The normalized spacial score (nSPS) is 11.4. The fraction of sp³-hybridized carbons (Fsp3) is 0.318. The quantitative estimate of drug-likeness (QED) is 0.525. The number of carboxylic acids is 1. The van der Waals surface area contributed by atoms with Gasteiger partial charge in [-0.1, -0.05) is 22.9 Å². The molecule has 0 radical (unpaired) electrons. The minimum absolute atomic E-state index is 0.0743. The topological polar surface area (TPSA) is 126 Å². The van der Waals surface area contributed by atoms with Crippen molar-refractivity contribution in [2.45, 2.75) is 39.0 Å². The number of hydrogen-bond donors (Lipinski definition) is 2. The zero-order chi connectivity index (χ0) is 23.6. The molecule has 2 heterocycles. The summed E-state index contributed by atoms with van der Waals surface area (Å²) in [6.45, 7) is 7.74. The summed E-state index contributed by atoms with van der Waals surface area (Å²) in [6.07, 6.45) is 1.91. The third-order valence-corrected chi connectivity index (χ3v) is 6.75. The van der Waals surface area contributed by atoms with E-state index in [4.69, 9.17) is 4.52 Å². The molecular weight excluding hydrogens is 432 g/mol. The summed E-state index contributed by atoms with van der Waals surface area (Å²) >= 11 is 0. The van der Waals surface area contributed by atoms with Crippen molar-refractivity contribution in [3.63, 3.8) is 0 Å². The van der Waals surface area contributed by atoms with Gasteiger partial charge in [0.2, 0.25) is 0 Å². The summed E-state index contributed by atoms with van der Waals surface area (Å²) in [5.74, 6) is -0.249. The Kier molecular flexibility index (Phi) is 6.54. The van der Waals surface area contributed by atoms with Gasteiger partial charge >= 0.3 is 5.97 Å². The molecule has 0 bridgehead atoms. The summed E-state index contributed by atoms with van der Waals surface area (Å²) in [4.78, 5) is 17.9. The van der Waals surface area contributed by atoms with Crippen molar-refractivity contribution in [3.8, 4) is 0 Å². The summed E-state index contributed by atoms with van der Waals surface area (Å²) in [7, 11) is -2.17. The number of nitrogens with one attached hydrogen (secondary N) is 1. The molecule has 1 aromatic carbocycles. The van der Waals surface area contributed by atoms with Gasteiger partial charge in [0.05, 0.1) is 22.5 Å². The number of anilines is 2. The number of hydrogen-bond acceptors (Lipinski definition) is 7. The predicted octanol–water partition coefficient (Wildman–Crippen LogP) is 3.48. The van der Waals surface area contributed by atoms with E-state index in [0.29, 0.717) is 18.5 Å². The van der Waals surface area contributed by atoms with E-state index in [-0.39, 0.29) is 22.0 Å². The van der Waals surface area contributed by atoms with Gasteiger partial charge in [-0.15, -0.1) is 0 Å². The molecule has 3 rings (SSSR count). The zero-order valence-electron chi connectivity index (χ0n) is 18.6. The first-order valence-electron chi connectivity index (χ1n) is 9.96. The SMILES string of the molecule is Cc1ccc(S(=O)(=O)Nc2cnc(N(C)CCc3c(C)noc3C)c(C(=O)O)c2)c(C)c1. The summed E-state index contributed by atoms with van der Waals surface area (Å²) < 4.78 is 33.2. The number of sulfonamides is 1. The lowest BCUT2D eigenvalue weighted by Crippen LogP contribution is -2.24. The molecule has 0 saturated heterocycles. The van der Waals surface area contributed by atoms with Gasteiger partial charge in [-0.3, -0.25) is 4.72 Å². The minimum Gasteiger partial charge on any atom is -0.478 e. The van der Waals surface area contributed by atoms with Crippen LogP contribution >= 0.6 is 0 Å². The molecule has 0 atom stereocenters. The highest BCUT2D eigenvalue weighted by Crippen LogP contribution is 2.25. The van der Waals surface area contributed by atoms with Gasteiger partial charge in [-0.25, -0.2) is 18.2 Å². The van der Waals surface area contributed by atoms with E-state index in [9.17, 15) is 18.3 Å². The van der Waals surface area contributed by atoms with Gasteiger partial charge in [0.1, 0.15) is 17.1 Å². The lowest BCUT2D eigenvalue weighted by atomic mass is 10.1. The molecule has 0 aliphatic carbocycles. The van der Waals surface area contributed by atoms with Crippen molar-refractivity contribution in [1.29, 1.82) is 0 Å². The molecular formula is C22H26N4O5S. The van der Waals surface area contributed by atoms with Crippen LogP contribution in [-0.2, 0) is 16.4 Å². The number of aromatic nitrogens is 2.